The molecule has 0 saturated heterocycles. The van der Waals surface area contributed by atoms with Gasteiger partial charge >= 0.3 is 29.6 Å². The third-order valence-corrected chi connectivity index (χ3v) is 2.15. The van der Waals surface area contributed by atoms with Gasteiger partial charge in [-0.25, -0.2) is 18.4 Å². The molecule has 0 fully saturated rings. The van der Waals surface area contributed by atoms with Crippen LogP contribution in [0.3, 0.4) is 0 Å². The van der Waals surface area contributed by atoms with Crippen LogP contribution in [0.25, 0.3) is 0 Å². The number of nitrogens with zero attached hydrogens (tertiary/aromatic N) is 2. The molecule has 0 atom stereocenters. The van der Waals surface area contributed by atoms with E-state index in [0.717, 1.165) is 0 Å². The Morgan fingerprint density at radius 3 is 2.29 bits per heavy atom. The van der Waals surface area contributed by atoms with Gasteiger partial charge in [-0.05, 0) is 0 Å². The van der Waals surface area contributed by atoms with Crippen LogP contribution >= 0.6 is 11.6 Å². The fourth-order valence-electron chi connectivity index (χ4n) is 0.684. The summed E-state index contributed by atoms with van der Waals surface area (Å²) < 4.78 is 30.7. The fourth-order valence-corrected chi connectivity index (χ4v) is 1.21. The molecule has 5 nitrogen and oxygen atoms in total. The molecule has 1 heterocycles. The minimum Gasteiger partial charge on any atom is -0.748 e. The molecule has 8 heteroatoms. The maximum absolute atomic E-state index is 10.2. The van der Waals surface area contributed by atoms with Crippen LogP contribution in [-0.4, -0.2) is 28.7 Å². The van der Waals surface area contributed by atoms with Gasteiger partial charge in [0.05, 0.1) is 15.1 Å². The molecular weight excluding hydrogens is 239 g/mol. The van der Waals surface area contributed by atoms with E-state index in [4.69, 9.17) is 11.6 Å². The van der Waals surface area contributed by atoms with Crippen molar-refractivity contribution in [2.45, 2.75) is 6.42 Å². The third-order valence-electron chi connectivity index (χ3n) is 1.25. The zero-order chi connectivity index (χ0) is 9.90. The third kappa shape index (κ3) is 5.90. The Bertz CT molecular complexity index is 381. The van der Waals surface area contributed by atoms with Crippen LogP contribution in [0.15, 0.2) is 12.4 Å². The molecule has 0 aromatic carbocycles. The maximum Gasteiger partial charge on any atom is 1.00 e. The summed E-state index contributed by atoms with van der Waals surface area (Å²) in [6, 6.07) is 0. The average molecular weight is 245 g/mol. The summed E-state index contributed by atoms with van der Waals surface area (Å²) in [5, 5.41) is 0.369. The van der Waals surface area contributed by atoms with Crippen molar-refractivity contribution >= 4 is 21.7 Å². The van der Waals surface area contributed by atoms with Crippen LogP contribution < -0.4 is 29.6 Å². The van der Waals surface area contributed by atoms with Crippen molar-refractivity contribution in [1.82, 2.24) is 9.97 Å². The van der Waals surface area contributed by atoms with Crippen molar-refractivity contribution in [3.63, 3.8) is 0 Å². The number of aryl methyl sites for hydroxylation is 1. The second-order valence-corrected chi connectivity index (χ2v) is 4.29. The Balaban J connectivity index is 0.00000169. The van der Waals surface area contributed by atoms with E-state index < -0.39 is 15.9 Å². The molecule has 0 saturated carbocycles. The van der Waals surface area contributed by atoms with Gasteiger partial charge in [0, 0.05) is 24.6 Å². The standard InChI is InChI=1S/C6H7ClN2O3S.Na/c7-5-3-8-6(9-4-5)1-2-13(10,11)12;/h3-4H,1-2H2,(H,10,11,12);/q;+1/p-1. The van der Waals surface area contributed by atoms with E-state index in [-0.39, 0.29) is 36.0 Å². The molecule has 1 aromatic heterocycles. The molecule has 0 aliphatic carbocycles. The SMILES string of the molecule is O=S(=O)([O-])CCc1ncc(Cl)cn1.[Na+]. The van der Waals surface area contributed by atoms with Gasteiger partial charge in [-0.2, -0.15) is 0 Å². The van der Waals surface area contributed by atoms with E-state index in [1.165, 1.54) is 12.4 Å². The zero-order valence-electron chi connectivity index (χ0n) is 7.47. The molecule has 0 unspecified atom stereocenters. The quantitative estimate of drug-likeness (QED) is 0.424. The Kier molecular flexibility index (Phi) is 6.11. The van der Waals surface area contributed by atoms with Gasteiger partial charge in [0.1, 0.15) is 5.82 Å². The summed E-state index contributed by atoms with van der Waals surface area (Å²) in [7, 11) is -4.20. The van der Waals surface area contributed by atoms with Crippen molar-refractivity contribution in [2.75, 3.05) is 5.75 Å². The summed E-state index contributed by atoms with van der Waals surface area (Å²) in [6.07, 6.45) is 2.71. The van der Waals surface area contributed by atoms with Gasteiger partial charge in [0.15, 0.2) is 0 Å². The molecule has 0 bridgehead atoms. The second-order valence-electron chi connectivity index (χ2n) is 2.33. The largest absolute Gasteiger partial charge is 1.00 e. The molecule has 1 aromatic rings. The first-order chi connectivity index (χ1) is 5.97. The van der Waals surface area contributed by atoms with Crippen LogP contribution in [0, 0.1) is 0 Å². The van der Waals surface area contributed by atoms with Crippen molar-refractivity contribution in [2.24, 2.45) is 0 Å². The maximum atomic E-state index is 10.2. The number of hydrogen-bond donors (Lipinski definition) is 0. The predicted octanol–water partition coefficient (Wildman–Crippen LogP) is -2.78. The second kappa shape index (κ2) is 5.99. The number of rotatable bonds is 3. The minimum atomic E-state index is -4.20. The number of halogens is 1. The van der Waals surface area contributed by atoms with E-state index in [0.29, 0.717) is 10.8 Å². The summed E-state index contributed by atoms with van der Waals surface area (Å²) in [5.41, 5.74) is 0. The van der Waals surface area contributed by atoms with E-state index >= 15 is 0 Å². The normalized spacial score (nSPS) is 10.7. The van der Waals surface area contributed by atoms with Crippen molar-refractivity contribution in [3.8, 4) is 0 Å². The van der Waals surface area contributed by atoms with Crippen LogP contribution in [0.4, 0.5) is 0 Å². The Morgan fingerprint density at radius 2 is 1.86 bits per heavy atom. The molecular formula is C6H6ClN2NaO3S. The zero-order valence-corrected chi connectivity index (χ0v) is 11.0. The first-order valence-corrected chi connectivity index (χ1v) is 5.33. The molecule has 0 aliphatic heterocycles. The summed E-state index contributed by atoms with van der Waals surface area (Å²) in [4.78, 5) is 7.47. The Hall–Kier alpha value is 0.280. The van der Waals surface area contributed by atoms with Crippen LogP contribution in [0.2, 0.25) is 5.02 Å². The fraction of sp³-hybridized carbons (Fsp3) is 0.333. The molecule has 72 valence electrons. The van der Waals surface area contributed by atoms with E-state index in [1.807, 2.05) is 0 Å². The van der Waals surface area contributed by atoms with Gasteiger partial charge < -0.3 is 4.55 Å². The molecule has 0 spiro atoms. The Morgan fingerprint density at radius 1 is 1.36 bits per heavy atom. The van der Waals surface area contributed by atoms with Crippen LogP contribution in [0.5, 0.6) is 0 Å². The molecule has 0 radical (unpaired) electrons. The van der Waals surface area contributed by atoms with E-state index in [2.05, 4.69) is 9.97 Å². The smallest absolute Gasteiger partial charge is 0.748 e. The molecule has 0 amide bonds. The number of hydrogen-bond acceptors (Lipinski definition) is 5. The topological polar surface area (TPSA) is 83.0 Å². The monoisotopic (exact) mass is 244 g/mol. The first kappa shape index (κ1) is 14.3. The summed E-state index contributed by atoms with van der Waals surface area (Å²) in [6.45, 7) is 0. The van der Waals surface area contributed by atoms with Gasteiger partial charge in [0.25, 0.3) is 0 Å². The van der Waals surface area contributed by atoms with Crippen LogP contribution in [-0.2, 0) is 16.5 Å². The van der Waals surface area contributed by atoms with E-state index in [9.17, 15) is 13.0 Å². The van der Waals surface area contributed by atoms with Gasteiger partial charge in [-0.1, -0.05) is 11.6 Å². The summed E-state index contributed by atoms with van der Waals surface area (Å²) >= 11 is 5.50. The molecule has 0 N–H and O–H groups in total. The van der Waals surface area contributed by atoms with Crippen molar-refractivity contribution in [3.05, 3.63) is 23.2 Å². The minimum absolute atomic E-state index is 0. The molecule has 1 rings (SSSR count). The van der Waals surface area contributed by atoms with Gasteiger partial charge in [-0.15, -0.1) is 0 Å². The average Bonchev–Trinajstić information content (AvgIpc) is 2.02. The van der Waals surface area contributed by atoms with Crippen LogP contribution in [0.1, 0.15) is 5.82 Å². The van der Waals surface area contributed by atoms with Crippen molar-refractivity contribution in [1.29, 1.82) is 0 Å². The predicted molar refractivity (Wildman–Crippen MR) is 45.3 cm³/mol. The van der Waals surface area contributed by atoms with E-state index in [1.54, 1.807) is 0 Å². The summed E-state index contributed by atoms with van der Waals surface area (Å²) in [5.74, 6) is -0.196. The molecule has 0 aliphatic rings. The molecule has 14 heavy (non-hydrogen) atoms. The first-order valence-electron chi connectivity index (χ1n) is 3.37. The number of aromatic nitrogens is 2. The van der Waals surface area contributed by atoms with Gasteiger partial charge in [0.2, 0.25) is 0 Å². The van der Waals surface area contributed by atoms with Gasteiger partial charge in [-0.3, -0.25) is 0 Å². The van der Waals surface area contributed by atoms with Crippen molar-refractivity contribution < 1.29 is 42.5 Å². The Labute approximate surface area is 109 Å².